The minimum absolute atomic E-state index is 0.0113. The largest absolute Gasteiger partial charge is 0.354 e. The maximum Gasteiger partial charge on any atom is 0.260 e. The summed E-state index contributed by atoms with van der Waals surface area (Å²) in [5, 5.41) is 2.57. The van der Waals surface area contributed by atoms with Gasteiger partial charge in [0.15, 0.2) is 5.03 Å². The fourth-order valence-electron chi connectivity index (χ4n) is 1.34. The number of aromatic nitrogens is 2. The highest BCUT2D eigenvalue weighted by atomic mass is 32.2. The molecule has 0 unspecified atom stereocenters. The number of nitrogens with one attached hydrogen (secondary N) is 2. The zero-order valence-corrected chi connectivity index (χ0v) is 8.62. The molecule has 0 bridgehead atoms. The third-order valence-electron chi connectivity index (χ3n) is 2.09. The van der Waals surface area contributed by atoms with Gasteiger partial charge in [0.2, 0.25) is 5.91 Å². The number of piperazine rings is 1. The smallest absolute Gasteiger partial charge is 0.260 e. The van der Waals surface area contributed by atoms with Crippen LogP contribution in [0.15, 0.2) is 17.6 Å². The molecular formula is C7H10N4O3S. The first kappa shape index (κ1) is 10.1. The highest BCUT2D eigenvalue weighted by Crippen LogP contribution is 2.12. The number of rotatable bonds is 2. The summed E-state index contributed by atoms with van der Waals surface area (Å²) in [5.41, 5.74) is 0. The number of carbonyl (C=O) groups is 1. The molecule has 1 aliphatic rings. The lowest BCUT2D eigenvalue weighted by molar-refractivity contribution is -0.122. The maximum absolute atomic E-state index is 11.9. The SMILES string of the molecule is O=C1CN(S(=O)(=O)c2cnc[nH]2)CCN1. The van der Waals surface area contributed by atoms with Gasteiger partial charge < -0.3 is 10.3 Å². The Morgan fingerprint density at radius 3 is 2.87 bits per heavy atom. The van der Waals surface area contributed by atoms with Gasteiger partial charge in [-0.05, 0) is 0 Å². The Balaban J connectivity index is 2.26. The molecule has 82 valence electrons. The summed E-state index contributed by atoms with van der Waals surface area (Å²) in [7, 11) is -3.60. The van der Waals surface area contributed by atoms with Crippen LogP contribution in [0.2, 0.25) is 0 Å². The number of amides is 1. The minimum Gasteiger partial charge on any atom is -0.354 e. The molecule has 0 atom stereocenters. The average Bonchev–Trinajstić information content (AvgIpc) is 2.71. The van der Waals surface area contributed by atoms with Crippen LogP contribution in [-0.4, -0.2) is 48.2 Å². The number of hydrogen-bond acceptors (Lipinski definition) is 4. The van der Waals surface area contributed by atoms with Crippen LogP contribution in [0.25, 0.3) is 0 Å². The van der Waals surface area contributed by atoms with Crippen molar-refractivity contribution in [1.82, 2.24) is 19.6 Å². The average molecular weight is 230 g/mol. The molecule has 1 saturated heterocycles. The van der Waals surface area contributed by atoms with Gasteiger partial charge >= 0.3 is 0 Å². The van der Waals surface area contributed by atoms with Crippen molar-refractivity contribution in [3.05, 3.63) is 12.5 Å². The van der Waals surface area contributed by atoms with Crippen LogP contribution < -0.4 is 5.32 Å². The van der Waals surface area contributed by atoms with Crippen LogP contribution in [0.1, 0.15) is 0 Å². The first-order valence-electron chi connectivity index (χ1n) is 4.36. The summed E-state index contributed by atoms with van der Waals surface area (Å²) in [6.07, 6.45) is 2.51. The van der Waals surface area contributed by atoms with Crippen molar-refractivity contribution < 1.29 is 13.2 Å². The standard InChI is InChI=1S/C7H10N4O3S/c12-6-4-11(2-1-9-6)15(13,14)7-3-8-5-10-7/h3,5H,1-2,4H2,(H,8,10)(H,9,12). The second-order valence-corrected chi connectivity index (χ2v) is 5.01. The van der Waals surface area contributed by atoms with E-state index >= 15 is 0 Å². The lowest BCUT2D eigenvalue weighted by Gasteiger charge is -2.24. The number of aromatic amines is 1. The van der Waals surface area contributed by atoms with Crippen LogP contribution in [0.4, 0.5) is 0 Å². The molecule has 15 heavy (non-hydrogen) atoms. The second kappa shape index (κ2) is 3.63. The van der Waals surface area contributed by atoms with E-state index in [1.807, 2.05) is 0 Å². The highest BCUT2D eigenvalue weighted by Gasteiger charge is 2.29. The molecule has 7 nitrogen and oxygen atoms in total. The van der Waals surface area contributed by atoms with Crippen molar-refractivity contribution in [3.8, 4) is 0 Å². The van der Waals surface area contributed by atoms with Crippen molar-refractivity contribution in [1.29, 1.82) is 0 Å². The maximum atomic E-state index is 11.9. The van der Waals surface area contributed by atoms with Crippen LogP contribution in [0, 0.1) is 0 Å². The van der Waals surface area contributed by atoms with Crippen molar-refractivity contribution in [2.75, 3.05) is 19.6 Å². The van der Waals surface area contributed by atoms with Gasteiger partial charge in [-0.3, -0.25) is 4.79 Å². The Labute approximate surface area is 86.5 Å². The van der Waals surface area contributed by atoms with Crippen molar-refractivity contribution >= 4 is 15.9 Å². The van der Waals surface area contributed by atoms with Crippen molar-refractivity contribution in [2.45, 2.75) is 5.03 Å². The van der Waals surface area contributed by atoms with Gasteiger partial charge in [-0.1, -0.05) is 0 Å². The molecule has 0 saturated carbocycles. The Kier molecular flexibility index (Phi) is 2.45. The number of sulfonamides is 1. The topological polar surface area (TPSA) is 95.2 Å². The van der Waals surface area contributed by atoms with Crippen molar-refractivity contribution in [3.63, 3.8) is 0 Å². The molecule has 8 heteroatoms. The lowest BCUT2D eigenvalue weighted by Crippen LogP contribution is -2.49. The number of H-pyrrole nitrogens is 1. The summed E-state index contributed by atoms with van der Waals surface area (Å²) < 4.78 is 24.9. The van der Waals surface area contributed by atoms with Gasteiger partial charge in [-0.15, -0.1) is 0 Å². The summed E-state index contributed by atoms with van der Waals surface area (Å²) in [6, 6.07) is 0. The van der Waals surface area contributed by atoms with E-state index in [-0.39, 0.29) is 24.0 Å². The predicted octanol–water partition coefficient (Wildman–Crippen LogP) is -1.47. The molecule has 2 rings (SSSR count). The van der Waals surface area contributed by atoms with Gasteiger partial charge in [0.05, 0.1) is 19.1 Å². The highest BCUT2D eigenvalue weighted by molar-refractivity contribution is 7.89. The van der Waals surface area contributed by atoms with E-state index in [9.17, 15) is 13.2 Å². The quantitative estimate of drug-likeness (QED) is 0.648. The second-order valence-electron chi connectivity index (χ2n) is 3.10. The molecule has 1 aromatic rings. The van der Waals surface area contributed by atoms with Gasteiger partial charge in [0.1, 0.15) is 0 Å². The van der Waals surface area contributed by atoms with E-state index in [2.05, 4.69) is 15.3 Å². The number of imidazole rings is 1. The van der Waals surface area contributed by atoms with Crippen LogP contribution in [0.5, 0.6) is 0 Å². The van der Waals surface area contributed by atoms with Crippen molar-refractivity contribution in [2.24, 2.45) is 0 Å². The lowest BCUT2D eigenvalue weighted by atomic mass is 10.4. The number of nitrogens with zero attached hydrogens (tertiary/aromatic N) is 2. The zero-order valence-electron chi connectivity index (χ0n) is 7.80. The van der Waals surface area contributed by atoms with Gasteiger partial charge in [0, 0.05) is 13.1 Å². The Hall–Kier alpha value is -1.41. The molecule has 2 heterocycles. The van der Waals surface area contributed by atoms with E-state index in [1.165, 1.54) is 12.5 Å². The Bertz CT molecular complexity index is 453. The van der Waals surface area contributed by atoms with Crippen LogP contribution >= 0.6 is 0 Å². The first-order valence-corrected chi connectivity index (χ1v) is 5.80. The van der Waals surface area contributed by atoms with Gasteiger partial charge in [-0.2, -0.15) is 4.31 Å². The molecule has 1 amide bonds. The first-order chi connectivity index (χ1) is 7.10. The summed E-state index contributed by atoms with van der Waals surface area (Å²) in [5.74, 6) is -0.288. The molecule has 2 N–H and O–H groups in total. The van der Waals surface area contributed by atoms with E-state index in [1.54, 1.807) is 0 Å². The van der Waals surface area contributed by atoms with Gasteiger partial charge in [-0.25, -0.2) is 13.4 Å². The monoisotopic (exact) mass is 230 g/mol. The minimum atomic E-state index is -3.60. The number of hydrogen-bond donors (Lipinski definition) is 2. The molecule has 0 radical (unpaired) electrons. The van der Waals surface area contributed by atoms with Crippen LogP contribution in [0.3, 0.4) is 0 Å². The molecule has 1 aromatic heterocycles. The molecule has 0 aliphatic carbocycles. The fraction of sp³-hybridized carbons (Fsp3) is 0.429. The predicted molar refractivity (Wildman–Crippen MR) is 50.4 cm³/mol. The normalized spacial score (nSPS) is 18.8. The van der Waals surface area contributed by atoms with Gasteiger partial charge in [0.25, 0.3) is 10.0 Å². The zero-order chi connectivity index (χ0) is 10.9. The molecule has 1 fully saturated rings. The van der Waals surface area contributed by atoms with E-state index in [4.69, 9.17) is 0 Å². The third-order valence-corrected chi connectivity index (χ3v) is 3.86. The third kappa shape index (κ3) is 1.85. The van der Waals surface area contributed by atoms with E-state index in [0.717, 1.165) is 4.31 Å². The van der Waals surface area contributed by atoms with E-state index < -0.39 is 10.0 Å². The molecular weight excluding hydrogens is 220 g/mol. The molecule has 1 aliphatic heterocycles. The number of carbonyl (C=O) groups excluding carboxylic acids is 1. The Morgan fingerprint density at radius 1 is 1.47 bits per heavy atom. The molecule has 0 aromatic carbocycles. The van der Waals surface area contributed by atoms with Crippen LogP contribution in [-0.2, 0) is 14.8 Å². The van der Waals surface area contributed by atoms with E-state index in [0.29, 0.717) is 6.54 Å². The summed E-state index contributed by atoms with van der Waals surface area (Å²) in [4.78, 5) is 17.2. The summed E-state index contributed by atoms with van der Waals surface area (Å²) >= 11 is 0. The molecule has 0 spiro atoms. The summed E-state index contributed by atoms with van der Waals surface area (Å²) in [6.45, 7) is 0.487. The Morgan fingerprint density at radius 2 is 2.27 bits per heavy atom. The fourth-order valence-corrected chi connectivity index (χ4v) is 2.64.